The molecule has 0 saturated heterocycles. The highest BCUT2D eigenvalue weighted by Crippen LogP contribution is 2.17. The van der Waals surface area contributed by atoms with Crippen LogP contribution in [0.4, 0.5) is 10.1 Å². The van der Waals surface area contributed by atoms with Gasteiger partial charge in [0.15, 0.2) is 5.78 Å². The average molecular weight is 341 g/mol. The third-order valence-electron chi connectivity index (χ3n) is 2.34. The predicted molar refractivity (Wildman–Crippen MR) is 73.4 cm³/mol. The standard InChI is InChI=1S/C13H9FINO/c14-12-7-10(16)5-6-11(12)13(17)8-1-3-9(15)4-2-8/h1-7H,16H2. The normalized spacial score (nSPS) is 10.2. The molecular weight excluding hydrogens is 332 g/mol. The van der Waals surface area contributed by atoms with Gasteiger partial charge < -0.3 is 5.73 Å². The number of hydrogen-bond donors (Lipinski definition) is 1. The van der Waals surface area contributed by atoms with Crippen molar-refractivity contribution in [3.8, 4) is 0 Å². The van der Waals surface area contributed by atoms with Crippen LogP contribution in [0.3, 0.4) is 0 Å². The second-order valence-electron chi connectivity index (χ2n) is 3.58. The van der Waals surface area contributed by atoms with E-state index in [0.29, 0.717) is 11.3 Å². The summed E-state index contributed by atoms with van der Waals surface area (Å²) in [4.78, 5) is 12.0. The maximum absolute atomic E-state index is 13.6. The summed E-state index contributed by atoms with van der Waals surface area (Å²) >= 11 is 2.14. The summed E-state index contributed by atoms with van der Waals surface area (Å²) in [6.45, 7) is 0. The highest BCUT2D eigenvalue weighted by Gasteiger charge is 2.13. The van der Waals surface area contributed by atoms with E-state index >= 15 is 0 Å². The van der Waals surface area contributed by atoms with Crippen molar-refractivity contribution in [2.24, 2.45) is 0 Å². The Kier molecular flexibility index (Phi) is 3.42. The number of carbonyl (C=O) groups is 1. The Balaban J connectivity index is 2.40. The van der Waals surface area contributed by atoms with Crippen molar-refractivity contribution in [1.82, 2.24) is 0 Å². The Bertz CT molecular complexity index is 566. The number of carbonyl (C=O) groups excluding carboxylic acids is 1. The molecule has 0 heterocycles. The van der Waals surface area contributed by atoms with Crippen molar-refractivity contribution in [2.75, 3.05) is 5.73 Å². The zero-order valence-electron chi connectivity index (χ0n) is 8.78. The first-order valence-corrected chi connectivity index (χ1v) is 6.01. The van der Waals surface area contributed by atoms with Gasteiger partial charge in [0.05, 0.1) is 5.56 Å². The third-order valence-corrected chi connectivity index (χ3v) is 3.06. The highest BCUT2D eigenvalue weighted by molar-refractivity contribution is 14.1. The van der Waals surface area contributed by atoms with Crippen LogP contribution in [0.25, 0.3) is 0 Å². The molecule has 0 aliphatic rings. The number of anilines is 1. The Morgan fingerprint density at radius 3 is 2.35 bits per heavy atom. The van der Waals surface area contributed by atoms with Crippen LogP contribution < -0.4 is 5.73 Å². The van der Waals surface area contributed by atoms with Gasteiger partial charge >= 0.3 is 0 Å². The lowest BCUT2D eigenvalue weighted by atomic mass is 10.0. The topological polar surface area (TPSA) is 43.1 Å². The summed E-state index contributed by atoms with van der Waals surface area (Å²) in [6, 6.07) is 11.1. The molecule has 4 heteroatoms. The highest BCUT2D eigenvalue weighted by atomic mass is 127. The van der Waals surface area contributed by atoms with Crippen LogP contribution in [-0.2, 0) is 0 Å². The van der Waals surface area contributed by atoms with Crippen molar-refractivity contribution in [2.45, 2.75) is 0 Å². The third kappa shape index (κ3) is 2.63. The van der Waals surface area contributed by atoms with E-state index in [0.717, 1.165) is 9.64 Å². The number of ketones is 1. The molecule has 0 radical (unpaired) electrons. The van der Waals surface area contributed by atoms with Crippen molar-refractivity contribution < 1.29 is 9.18 Å². The second-order valence-corrected chi connectivity index (χ2v) is 4.82. The summed E-state index contributed by atoms with van der Waals surface area (Å²) in [5, 5.41) is 0. The predicted octanol–water partition coefficient (Wildman–Crippen LogP) is 3.24. The Morgan fingerprint density at radius 1 is 1.12 bits per heavy atom. The van der Waals surface area contributed by atoms with Gasteiger partial charge in [0.1, 0.15) is 5.82 Å². The molecule has 2 aromatic rings. The first kappa shape index (κ1) is 12.0. The number of nitrogens with two attached hydrogens (primary N) is 1. The van der Waals surface area contributed by atoms with E-state index in [1.54, 1.807) is 12.1 Å². The molecule has 2 nitrogen and oxygen atoms in total. The van der Waals surface area contributed by atoms with Crippen LogP contribution in [-0.4, -0.2) is 5.78 Å². The van der Waals surface area contributed by atoms with Crippen molar-refractivity contribution >= 4 is 34.1 Å². The molecule has 86 valence electrons. The van der Waals surface area contributed by atoms with Crippen molar-refractivity contribution in [3.05, 3.63) is 63.0 Å². The SMILES string of the molecule is Nc1ccc(C(=O)c2ccc(I)cc2)c(F)c1. The monoisotopic (exact) mass is 341 g/mol. The Labute approximate surface area is 112 Å². The van der Waals surface area contributed by atoms with E-state index in [1.165, 1.54) is 12.1 Å². The fourth-order valence-electron chi connectivity index (χ4n) is 1.47. The van der Waals surface area contributed by atoms with Crippen molar-refractivity contribution in [3.63, 3.8) is 0 Å². The molecule has 0 amide bonds. The number of hydrogen-bond acceptors (Lipinski definition) is 2. The lowest BCUT2D eigenvalue weighted by molar-refractivity contribution is 0.103. The van der Waals surface area contributed by atoms with Gasteiger partial charge in [-0.05, 0) is 65.1 Å². The fraction of sp³-hybridized carbons (Fsp3) is 0. The molecule has 0 aromatic heterocycles. The summed E-state index contributed by atoms with van der Waals surface area (Å²) in [5.41, 5.74) is 6.25. The van der Waals surface area contributed by atoms with E-state index in [2.05, 4.69) is 22.6 Å². The molecule has 0 aliphatic carbocycles. The van der Waals surface area contributed by atoms with Gasteiger partial charge in [0.25, 0.3) is 0 Å². The Hall–Kier alpha value is -1.43. The van der Waals surface area contributed by atoms with Gasteiger partial charge in [0, 0.05) is 14.8 Å². The molecule has 0 spiro atoms. The zero-order valence-corrected chi connectivity index (χ0v) is 10.9. The first-order valence-electron chi connectivity index (χ1n) is 4.93. The first-order chi connectivity index (χ1) is 8.08. The van der Waals surface area contributed by atoms with Crippen molar-refractivity contribution in [1.29, 1.82) is 0 Å². The number of halogens is 2. The molecule has 2 aromatic carbocycles. The van der Waals surface area contributed by atoms with Crippen LogP contribution in [0.5, 0.6) is 0 Å². The molecule has 0 atom stereocenters. The summed E-state index contributed by atoms with van der Waals surface area (Å²) in [7, 11) is 0. The summed E-state index contributed by atoms with van der Waals surface area (Å²) < 4.78 is 14.6. The smallest absolute Gasteiger partial charge is 0.195 e. The zero-order chi connectivity index (χ0) is 12.4. The van der Waals surface area contributed by atoms with E-state index < -0.39 is 5.82 Å². The molecule has 0 bridgehead atoms. The van der Waals surface area contributed by atoms with Gasteiger partial charge in [-0.1, -0.05) is 0 Å². The lowest BCUT2D eigenvalue weighted by Gasteiger charge is -2.03. The molecule has 2 rings (SSSR count). The van der Waals surface area contributed by atoms with Gasteiger partial charge in [0.2, 0.25) is 0 Å². The van der Waals surface area contributed by atoms with E-state index in [-0.39, 0.29) is 11.3 Å². The molecule has 17 heavy (non-hydrogen) atoms. The van der Waals surface area contributed by atoms with Gasteiger partial charge in [-0.25, -0.2) is 4.39 Å². The van der Waals surface area contributed by atoms with Crippen LogP contribution in [0.2, 0.25) is 0 Å². The summed E-state index contributed by atoms with van der Waals surface area (Å²) in [6.07, 6.45) is 0. The fourth-order valence-corrected chi connectivity index (χ4v) is 1.83. The van der Waals surface area contributed by atoms with Crippen LogP contribution >= 0.6 is 22.6 Å². The maximum Gasteiger partial charge on any atom is 0.195 e. The Morgan fingerprint density at radius 2 is 1.76 bits per heavy atom. The molecule has 0 saturated carbocycles. The quantitative estimate of drug-likeness (QED) is 0.518. The molecule has 0 aliphatic heterocycles. The number of rotatable bonds is 2. The van der Waals surface area contributed by atoms with E-state index in [9.17, 15) is 9.18 Å². The molecular formula is C13H9FINO. The largest absolute Gasteiger partial charge is 0.399 e. The van der Waals surface area contributed by atoms with Crippen LogP contribution in [0.1, 0.15) is 15.9 Å². The minimum absolute atomic E-state index is 0.0420. The van der Waals surface area contributed by atoms with E-state index in [1.807, 2.05) is 12.1 Å². The minimum Gasteiger partial charge on any atom is -0.399 e. The molecule has 2 N–H and O–H groups in total. The lowest BCUT2D eigenvalue weighted by Crippen LogP contribution is -2.04. The number of benzene rings is 2. The van der Waals surface area contributed by atoms with Gasteiger partial charge in [-0.2, -0.15) is 0 Å². The van der Waals surface area contributed by atoms with Gasteiger partial charge in [-0.15, -0.1) is 0 Å². The van der Waals surface area contributed by atoms with Crippen LogP contribution in [0, 0.1) is 9.39 Å². The average Bonchev–Trinajstić information content (AvgIpc) is 2.29. The second kappa shape index (κ2) is 4.83. The molecule has 0 unspecified atom stereocenters. The van der Waals surface area contributed by atoms with Gasteiger partial charge in [-0.3, -0.25) is 4.79 Å². The summed E-state index contributed by atoms with van der Waals surface area (Å²) in [5.74, 6) is -0.924. The van der Waals surface area contributed by atoms with E-state index in [4.69, 9.17) is 5.73 Å². The minimum atomic E-state index is -0.589. The number of nitrogen functional groups attached to an aromatic ring is 1. The maximum atomic E-state index is 13.6. The van der Waals surface area contributed by atoms with Crippen LogP contribution in [0.15, 0.2) is 42.5 Å². The molecule has 0 fully saturated rings.